The molecule has 0 radical (unpaired) electrons. The van der Waals surface area contributed by atoms with E-state index in [1.165, 1.54) is 0 Å². The molecule has 4 nitrogen and oxygen atoms in total. The summed E-state index contributed by atoms with van der Waals surface area (Å²) >= 11 is 0. The highest BCUT2D eigenvalue weighted by molar-refractivity contribution is 5.84. The SMILES string of the molecule is C[C@]12CCCC(=O)C1CC=C2C1(CC#CC(O)(C(F)(F)F)C(F)(F)F)CC1.C[C@]12CCC[C@H](O)C1CC=C2C1(CC#CC(O)(C(F)(F)F)C(F)(F)F)CC1. The molecule has 54 heavy (non-hydrogen) atoms. The van der Waals surface area contributed by atoms with Gasteiger partial charge in [0.15, 0.2) is 0 Å². The van der Waals surface area contributed by atoms with Crippen molar-refractivity contribution < 1.29 is 72.8 Å². The first-order chi connectivity index (χ1) is 24.5. The molecule has 6 aliphatic rings. The summed E-state index contributed by atoms with van der Waals surface area (Å²) in [6.45, 7) is 3.98. The number of Topliss-reactive ketones (excluding diaryl/α,β-unsaturated/α-hetero) is 1. The number of halogens is 12. The Kier molecular flexibility index (Phi) is 10.6. The van der Waals surface area contributed by atoms with Crippen molar-refractivity contribution in [3.8, 4) is 23.7 Å². The van der Waals surface area contributed by atoms with Crippen LogP contribution in [0.5, 0.6) is 0 Å². The van der Waals surface area contributed by atoms with Crippen LogP contribution in [0.15, 0.2) is 23.3 Å². The van der Waals surface area contributed by atoms with E-state index < -0.39 is 58.3 Å². The Morgan fingerprint density at radius 1 is 0.648 bits per heavy atom. The van der Waals surface area contributed by atoms with E-state index in [0.717, 1.165) is 48.7 Å². The molecule has 2 unspecified atom stereocenters. The topological polar surface area (TPSA) is 77.8 Å². The van der Waals surface area contributed by atoms with Crippen LogP contribution in [-0.4, -0.2) is 63.1 Å². The van der Waals surface area contributed by atoms with Crippen molar-refractivity contribution in [3.63, 3.8) is 0 Å². The Morgan fingerprint density at radius 3 is 1.48 bits per heavy atom. The highest BCUT2D eigenvalue weighted by atomic mass is 19.4. The fourth-order valence-electron chi connectivity index (χ4n) is 9.55. The predicted octanol–water partition coefficient (Wildman–Crippen LogP) is 9.23. The first kappa shape index (κ1) is 42.5. The van der Waals surface area contributed by atoms with E-state index in [1.807, 2.05) is 37.8 Å². The Hall–Kier alpha value is -2.69. The maximum atomic E-state index is 12.8. The zero-order valence-corrected chi connectivity index (χ0v) is 29.6. The molecule has 0 aromatic heterocycles. The van der Waals surface area contributed by atoms with E-state index in [2.05, 4.69) is 0 Å². The zero-order chi connectivity index (χ0) is 40.6. The molecular weight excluding hydrogens is 748 g/mol. The van der Waals surface area contributed by atoms with Crippen molar-refractivity contribution in [1.82, 2.24) is 0 Å². The molecular formula is C38H42F12O4. The van der Waals surface area contributed by atoms with Crippen molar-refractivity contribution in [2.24, 2.45) is 33.5 Å². The second-order valence-corrected chi connectivity index (χ2v) is 16.4. The van der Waals surface area contributed by atoms with Gasteiger partial charge in [-0.05, 0) is 99.2 Å². The van der Waals surface area contributed by atoms with Crippen molar-refractivity contribution in [2.45, 2.75) is 146 Å². The van der Waals surface area contributed by atoms with E-state index in [1.54, 1.807) is 0 Å². The lowest BCUT2D eigenvalue weighted by Crippen LogP contribution is -2.55. The second kappa shape index (κ2) is 13.5. The van der Waals surface area contributed by atoms with E-state index in [0.29, 0.717) is 51.4 Å². The highest BCUT2D eigenvalue weighted by Crippen LogP contribution is 2.67. The highest BCUT2D eigenvalue weighted by Gasteiger charge is 2.71. The van der Waals surface area contributed by atoms with Gasteiger partial charge in [0, 0.05) is 36.0 Å². The molecule has 4 fully saturated rings. The largest absolute Gasteiger partial charge is 0.438 e. The summed E-state index contributed by atoms with van der Waals surface area (Å²) in [6.07, 6.45) is -12.5. The minimum absolute atomic E-state index is 0.0361. The number of aliphatic hydroxyl groups is 3. The minimum atomic E-state index is -5.94. The monoisotopic (exact) mass is 790 g/mol. The van der Waals surface area contributed by atoms with E-state index in [4.69, 9.17) is 10.2 Å². The zero-order valence-electron chi connectivity index (χ0n) is 29.6. The Bertz CT molecular complexity index is 1640. The number of carbonyl (C=O) groups is 1. The first-order valence-electron chi connectivity index (χ1n) is 17.9. The van der Waals surface area contributed by atoms with Crippen molar-refractivity contribution in [3.05, 3.63) is 23.3 Å². The molecule has 302 valence electrons. The van der Waals surface area contributed by atoms with Gasteiger partial charge in [0.1, 0.15) is 5.78 Å². The number of carbonyl (C=O) groups excluding carboxylic acids is 1. The van der Waals surface area contributed by atoms with Crippen LogP contribution in [0.4, 0.5) is 52.7 Å². The molecule has 16 heteroatoms. The molecule has 0 aromatic carbocycles. The lowest BCUT2D eigenvalue weighted by atomic mass is 9.62. The molecule has 6 aliphatic carbocycles. The molecule has 0 bridgehead atoms. The normalized spacial score (nSPS) is 31.6. The number of alkyl halides is 12. The van der Waals surface area contributed by atoms with Gasteiger partial charge in [0.05, 0.1) is 6.10 Å². The molecule has 3 N–H and O–H groups in total. The fraction of sp³-hybridized carbons (Fsp3) is 0.763. The number of rotatable bonds is 4. The number of fused-ring (bicyclic) bond motifs is 2. The molecule has 6 rings (SSSR count). The molecule has 0 amide bonds. The van der Waals surface area contributed by atoms with Gasteiger partial charge >= 0.3 is 35.9 Å². The van der Waals surface area contributed by atoms with Crippen molar-refractivity contribution in [1.29, 1.82) is 0 Å². The quantitative estimate of drug-likeness (QED) is 0.151. The Balaban J connectivity index is 0.000000208. The lowest BCUT2D eigenvalue weighted by molar-refractivity contribution is -0.344. The standard InChI is InChI=1S/C19H22F6O2.C19H20F6O2/c2*1-15-7-2-4-13(26)12(15)5-6-14(15)16(10-11-16)8-3-9-17(27,18(20,21)22)19(23,24)25/h6,12-13,26-27H,2,4-5,7-8,10-11H2,1H3;6,12,27H,2,4-5,7-8,10-11H2,1H3/t12?,13-,15-;12?,15-/m00/s1. The molecule has 0 saturated heterocycles. The third kappa shape index (κ3) is 7.10. The summed E-state index contributed by atoms with van der Waals surface area (Å²) in [5, 5.41) is 28.6. The number of allylic oxidation sites excluding steroid dienone is 4. The van der Waals surface area contributed by atoms with Crippen LogP contribution >= 0.6 is 0 Å². The molecule has 5 atom stereocenters. The van der Waals surface area contributed by atoms with Gasteiger partial charge in [-0.2, -0.15) is 52.7 Å². The Labute approximate surface area is 304 Å². The maximum Gasteiger partial charge on any atom is 0.438 e. The van der Waals surface area contributed by atoms with Crippen molar-refractivity contribution in [2.75, 3.05) is 0 Å². The number of aliphatic hydroxyl groups excluding tert-OH is 1. The number of hydrogen-bond acceptors (Lipinski definition) is 4. The summed E-state index contributed by atoms with van der Waals surface area (Å²) in [5.41, 5.74) is -9.89. The van der Waals surface area contributed by atoms with Crippen LogP contribution in [0.25, 0.3) is 0 Å². The Morgan fingerprint density at radius 2 is 1.06 bits per heavy atom. The van der Waals surface area contributed by atoms with Gasteiger partial charge in [-0.25, -0.2) is 0 Å². The van der Waals surface area contributed by atoms with Crippen LogP contribution in [0, 0.1) is 57.2 Å². The van der Waals surface area contributed by atoms with E-state index in [9.17, 15) is 62.6 Å². The van der Waals surface area contributed by atoms with E-state index >= 15 is 0 Å². The van der Waals surface area contributed by atoms with Crippen LogP contribution in [-0.2, 0) is 4.79 Å². The molecule has 0 heterocycles. The molecule has 0 aromatic rings. The van der Waals surface area contributed by atoms with Crippen LogP contribution in [0.1, 0.15) is 104 Å². The van der Waals surface area contributed by atoms with Gasteiger partial charge in [-0.15, -0.1) is 0 Å². The summed E-state index contributed by atoms with van der Waals surface area (Å²) in [6, 6.07) is 0. The molecule has 0 aliphatic heterocycles. The van der Waals surface area contributed by atoms with Gasteiger partial charge in [-0.3, -0.25) is 4.79 Å². The smallest absolute Gasteiger partial charge is 0.393 e. The van der Waals surface area contributed by atoms with Crippen LogP contribution in [0.3, 0.4) is 0 Å². The predicted molar refractivity (Wildman–Crippen MR) is 170 cm³/mol. The lowest BCUT2D eigenvalue weighted by Gasteiger charge is -2.44. The maximum absolute atomic E-state index is 12.8. The summed E-state index contributed by atoms with van der Waals surface area (Å²) in [4.78, 5) is 12.2. The fourth-order valence-corrected chi connectivity index (χ4v) is 9.55. The van der Waals surface area contributed by atoms with Crippen LogP contribution in [0.2, 0.25) is 0 Å². The van der Waals surface area contributed by atoms with Gasteiger partial charge < -0.3 is 15.3 Å². The number of ketones is 1. The van der Waals surface area contributed by atoms with Gasteiger partial charge in [-0.1, -0.05) is 49.0 Å². The second-order valence-electron chi connectivity index (χ2n) is 16.4. The third-order valence-corrected chi connectivity index (χ3v) is 13.0. The summed E-state index contributed by atoms with van der Waals surface area (Å²) in [7, 11) is 0. The van der Waals surface area contributed by atoms with Gasteiger partial charge in [0.2, 0.25) is 0 Å². The first-order valence-corrected chi connectivity index (χ1v) is 17.9. The third-order valence-electron chi connectivity index (χ3n) is 13.0. The summed E-state index contributed by atoms with van der Waals surface area (Å²) in [5.74, 6) is 6.14. The average molecular weight is 791 g/mol. The molecule has 4 saturated carbocycles. The summed E-state index contributed by atoms with van der Waals surface area (Å²) < 4.78 is 153. The number of hydrogen-bond donors (Lipinski definition) is 3. The van der Waals surface area contributed by atoms with Gasteiger partial charge in [0.25, 0.3) is 0 Å². The average Bonchev–Trinajstić information content (AvgIpc) is 3.91. The van der Waals surface area contributed by atoms with Crippen molar-refractivity contribution >= 4 is 5.78 Å². The van der Waals surface area contributed by atoms with E-state index in [-0.39, 0.29) is 35.9 Å². The molecule has 0 spiro atoms. The minimum Gasteiger partial charge on any atom is -0.393 e. The van der Waals surface area contributed by atoms with Crippen LogP contribution < -0.4 is 0 Å².